The van der Waals surface area contributed by atoms with Crippen molar-refractivity contribution in [2.24, 2.45) is 5.92 Å². The van der Waals surface area contributed by atoms with Crippen LogP contribution in [0, 0.1) is 5.92 Å². The molecule has 2 N–H and O–H groups in total. The monoisotopic (exact) mass is 367 g/mol. The number of rotatable bonds is 6. The van der Waals surface area contributed by atoms with Gasteiger partial charge >= 0.3 is 0 Å². The first-order chi connectivity index (χ1) is 13.0. The number of anilines is 3. The van der Waals surface area contributed by atoms with Crippen molar-refractivity contribution in [3.8, 4) is 5.75 Å². The Morgan fingerprint density at radius 2 is 1.81 bits per heavy atom. The predicted octanol–water partition coefficient (Wildman–Crippen LogP) is 4.37. The Kier molecular flexibility index (Phi) is 6.22. The van der Waals surface area contributed by atoms with E-state index in [4.69, 9.17) is 4.74 Å². The molecule has 1 saturated heterocycles. The highest BCUT2D eigenvalue weighted by Crippen LogP contribution is 2.24. The number of ether oxygens (including phenoxy) is 1. The molecule has 5 heteroatoms. The fraction of sp³-hybridized carbons (Fsp3) is 0.409. The van der Waals surface area contributed by atoms with E-state index in [-0.39, 0.29) is 11.9 Å². The van der Waals surface area contributed by atoms with E-state index in [0.29, 0.717) is 0 Å². The minimum absolute atomic E-state index is 0.0858. The smallest absolute Gasteiger partial charge is 0.246 e. The van der Waals surface area contributed by atoms with Gasteiger partial charge < -0.3 is 20.3 Å². The molecule has 3 rings (SSSR count). The summed E-state index contributed by atoms with van der Waals surface area (Å²) in [6, 6.07) is 15.4. The van der Waals surface area contributed by atoms with E-state index >= 15 is 0 Å². The summed E-state index contributed by atoms with van der Waals surface area (Å²) in [6.45, 7) is 6.42. The fourth-order valence-electron chi connectivity index (χ4n) is 3.30. The van der Waals surface area contributed by atoms with Crippen molar-refractivity contribution in [2.75, 3.05) is 35.7 Å². The SMILES string of the molecule is COc1cccc(NC(=O)[C@@H](C)Nc2ccc(N3CCC(C)CC3)cc2)c1. The van der Waals surface area contributed by atoms with Gasteiger partial charge in [-0.2, -0.15) is 0 Å². The van der Waals surface area contributed by atoms with Gasteiger partial charge in [-0.3, -0.25) is 4.79 Å². The van der Waals surface area contributed by atoms with Crippen LogP contribution in [0.1, 0.15) is 26.7 Å². The number of piperidine rings is 1. The zero-order valence-electron chi connectivity index (χ0n) is 16.4. The Labute approximate surface area is 161 Å². The van der Waals surface area contributed by atoms with Gasteiger partial charge in [0.2, 0.25) is 5.91 Å². The number of hydrogen-bond acceptors (Lipinski definition) is 4. The fourth-order valence-corrected chi connectivity index (χ4v) is 3.30. The highest BCUT2D eigenvalue weighted by molar-refractivity contribution is 5.96. The molecule has 1 atom stereocenters. The van der Waals surface area contributed by atoms with Crippen molar-refractivity contribution in [3.05, 3.63) is 48.5 Å². The Morgan fingerprint density at radius 3 is 2.48 bits per heavy atom. The molecule has 1 amide bonds. The summed E-state index contributed by atoms with van der Waals surface area (Å²) in [4.78, 5) is 14.9. The number of nitrogens with zero attached hydrogens (tertiary/aromatic N) is 1. The molecular weight excluding hydrogens is 338 g/mol. The maximum Gasteiger partial charge on any atom is 0.246 e. The Hall–Kier alpha value is -2.69. The molecule has 144 valence electrons. The van der Waals surface area contributed by atoms with E-state index in [1.165, 1.54) is 18.5 Å². The summed E-state index contributed by atoms with van der Waals surface area (Å²) in [6.07, 6.45) is 2.50. The van der Waals surface area contributed by atoms with Crippen molar-refractivity contribution in [2.45, 2.75) is 32.7 Å². The van der Waals surface area contributed by atoms with Crippen LogP contribution < -0.4 is 20.3 Å². The number of carbonyl (C=O) groups excluding carboxylic acids is 1. The van der Waals surface area contributed by atoms with Crippen molar-refractivity contribution < 1.29 is 9.53 Å². The molecule has 1 heterocycles. The first-order valence-corrected chi connectivity index (χ1v) is 9.61. The summed E-state index contributed by atoms with van der Waals surface area (Å²) in [7, 11) is 1.61. The molecule has 0 unspecified atom stereocenters. The summed E-state index contributed by atoms with van der Waals surface area (Å²) < 4.78 is 5.19. The summed E-state index contributed by atoms with van der Waals surface area (Å²) in [5, 5.41) is 6.18. The Morgan fingerprint density at radius 1 is 1.11 bits per heavy atom. The molecule has 2 aromatic rings. The molecule has 0 aromatic heterocycles. The zero-order valence-corrected chi connectivity index (χ0v) is 16.4. The molecule has 0 aliphatic carbocycles. The zero-order chi connectivity index (χ0) is 19.2. The van der Waals surface area contributed by atoms with Crippen LogP contribution in [0.4, 0.5) is 17.1 Å². The lowest BCUT2D eigenvalue weighted by Crippen LogP contribution is -2.33. The lowest BCUT2D eigenvalue weighted by molar-refractivity contribution is -0.116. The second-order valence-electron chi connectivity index (χ2n) is 7.30. The molecule has 1 aliphatic heterocycles. The lowest BCUT2D eigenvalue weighted by Gasteiger charge is -2.32. The first kappa shape index (κ1) is 19.1. The van der Waals surface area contributed by atoms with Crippen LogP contribution in [0.3, 0.4) is 0 Å². The van der Waals surface area contributed by atoms with Crippen LogP contribution in [0.2, 0.25) is 0 Å². The van der Waals surface area contributed by atoms with Crippen molar-refractivity contribution in [1.29, 1.82) is 0 Å². The van der Waals surface area contributed by atoms with Crippen LogP contribution in [0.15, 0.2) is 48.5 Å². The lowest BCUT2D eigenvalue weighted by atomic mass is 9.99. The number of nitrogens with one attached hydrogen (secondary N) is 2. The number of amides is 1. The third kappa shape index (κ3) is 5.16. The van der Waals surface area contributed by atoms with Crippen LogP contribution in [0.5, 0.6) is 5.75 Å². The molecule has 0 spiro atoms. The van der Waals surface area contributed by atoms with Gasteiger partial charge in [-0.25, -0.2) is 0 Å². The van der Waals surface area contributed by atoms with E-state index in [1.807, 2.05) is 37.3 Å². The van der Waals surface area contributed by atoms with Gasteiger partial charge in [0, 0.05) is 36.2 Å². The van der Waals surface area contributed by atoms with Crippen LogP contribution in [-0.4, -0.2) is 32.1 Å². The maximum atomic E-state index is 12.4. The molecule has 1 aliphatic rings. The van der Waals surface area contributed by atoms with Crippen LogP contribution in [-0.2, 0) is 4.79 Å². The van der Waals surface area contributed by atoms with Gasteiger partial charge in [-0.05, 0) is 62.1 Å². The third-order valence-electron chi connectivity index (χ3n) is 5.13. The van der Waals surface area contributed by atoms with E-state index in [2.05, 4.69) is 34.6 Å². The molecule has 5 nitrogen and oxygen atoms in total. The second kappa shape index (κ2) is 8.80. The topological polar surface area (TPSA) is 53.6 Å². The molecule has 1 fully saturated rings. The van der Waals surface area contributed by atoms with Gasteiger partial charge in [-0.1, -0.05) is 13.0 Å². The third-order valence-corrected chi connectivity index (χ3v) is 5.13. The summed E-state index contributed by atoms with van der Waals surface area (Å²) in [5.74, 6) is 1.46. The van der Waals surface area contributed by atoms with Gasteiger partial charge in [0.1, 0.15) is 11.8 Å². The number of benzene rings is 2. The number of hydrogen-bond donors (Lipinski definition) is 2. The van der Waals surface area contributed by atoms with Gasteiger partial charge in [0.05, 0.1) is 7.11 Å². The average Bonchev–Trinajstić information content (AvgIpc) is 2.69. The van der Waals surface area contributed by atoms with Crippen molar-refractivity contribution in [1.82, 2.24) is 0 Å². The molecule has 0 saturated carbocycles. The van der Waals surface area contributed by atoms with Crippen molar-refractivity contribution >= 4 is 23.0 Å². The molecule has 27 heavy (non-hydrogen) atoms. The quantitative estimate of drug-likeness (QED) is 0.796. The highest BCUT2D eigenvalue weighted by Gasteiger charge is 2.17. The van der Waals surface area contributed by atoms with Crippen molar-refractivity contribution in [3.63, 3.8) is 0 Å². The van der Waals surface area contributed by atoms with Gasteiger partial charge in [0.15, 0.2) is 0 Å². The average molecular weight is 367 g/mol. The van der Waals surface area contributed by atoms with Gasteiger partial charge in [0.25, 0.3) is 0 Å². The number of carbonyl (C=O) groups is 1. The normalized spacial score (nSPS) is 15.9. The summed E-state index contributed by atoms with van der Waals surface area (Å²) in [5.41, 5.74) is 2.92. The molecular formula is C22H29N3O2. The minimum atomic E-state index is -0.349. The largest absolute Gasteiger partial charge is 0.497 e. The molecule has 0 radical (unpaired) electrons. The van der Waals surface area contributed by atoms with E-state index in [1.54, 1.807) is 13.2 Å². The first-order valence-electron chi connectivity index (χ1n) is 9.61. The maximum absolute atomic E-state index is 12.4. The van der Waals surface area contributed by atoms with E-state index in [0.717, 1.165) is 36.1 Å². The highest BCUT2D eigenvalue weighted by atomic mass is 16.5. The van der Waals surface area contributed by atoms with E-state index < -0.39 is 0 Å². The van der Waals surface area contributed by atoms with E-state index in [9.17, 15) is 4.79 Å². The predicted molar refractivity (Wildman–Crippen MR) is 112 cm³/mol. The Balaban J connectivity index is 1.55. The minimum Gasteiger partial charge on any atom is -0.497 e. The Bertz CT molecular complexity index is 752. The molecule has 2 aromatic carbocycles. The second-order valence-corrected chi connectivity index (χ2v) is 7.30. The summed E-state index contributed by atoms with van der Waals surface area (Å²) >= 11 is 0. The molecule has 0 bridgehead atoms. The van der Waals surface area contributed by atoms with Crippen LogP contribution >= 0.6 is 0 Å². The number of methoxy groups -OCH3 is 1. The van der Waals surface area contributed by atoms with Gasteiger partial charge in [-0.15, -0.1) is 0 Å². The standard InChI is InChI=1S/C22H29N3O2/c1-16-11-13-25(14-12-16)20-9-7-18(8-10-20)23-17(2)22(26)24-19-5-4-6-21(15-19)27-3/h4-10,15-17,23H,11-14H2,1-3H3,(H,24,26)/t17-/m1/s1. The van der Waals surface area contributed by atoms with Crippen LogP contribution in [0.25, 0.3) is 0 Å².